The third-order valence-corrected chi connectivity index (χ3v) is 3.97. The first-order valence-electron chi connectivity index (χ1n) is 8.50. The molecule has 0 saturated carbocycles. The van der Waals surface area contributed by atoms with Crippen molar-refractivity contribution in [3.8, 4) is 11.5 Å². The fraction of sp³-hybridized carbons (Fsp3) is 0.350. The molecule has 1 N–H and O–H groups in total. The second-order valence-electron chi connectivity index (χ2n) is 5.72. The maximum atomic E-state index is 12.2. The second kappa shape index (κ2) is 10.7. The highest BCUT2D eigenvalue weighted by atomic mass is 35.5. The topological polar surface area (TPSA) is 56.8 Å². The van der Waals surface area contributed by atoms with E-state index in [-0.39, 0.29) is 5.91 Å². The molecule has 1 amide bonds. The smallest absolute Gasteiger partial charge is 0.224 e. The quantitative estimate of drug-likeness (QED) is 0.620. The lowest BCUT2D eigenvalue weighted by molar-refractivity contribution is -0.116. The van der Waals surface area contributed by atoms with E-state index < -0.39 is 0 Å². The minimum Gasteiger partial charge on any atom is -0.493 e. The third-order valence-electron chi connectivity index (χ3n) is 3.67. The summed E-state index contributed by atoms with van der Waals surface area (Å²) < 4.78 is 16.3. The zero-order valence-electron chi connectivity index (χ0n) is 15.1. The van der Waals surface area contributed by atoms with Crippen LogP contribution in [0.15, 0.2) is 42.5 Å². The zero-order valence-corrected chi connectivity index (χ0v) is 15.8. The Kier molecular flexibility index (Phi) is 8.25. The van der Waals surface area contributed by atoms with E-state index in [1.165, 1.54) is 0 Å². The summed E-state index contributed by atoms with van der Waals surface area (Å²) in [5, 5.41) is 3.29. The van der Waals surface area contributed by atoms with E-state index in [2.05, 4.69) is 5.32 Å². The molecule has 0 aliphatic carbocycles. The number of benzene rings is 2. The Morgan fingerprint density at radius 3 is 2.62 bits per heavy atom. The normalized spacial score (nSPS) is 10.4. The summed E-state index contributed by atoms with van der Waals surface area (Å²) >= 11 is 6.16. The number of carbonyl (C=O) groups is 1. The van der Waals surface area contributed by atoms with Gasteiger partial charge in [0.25, 0.3) is 0 Å². The van der Waals surface area contributed by atoms with Crippen LogP contribution < -0.4 is 14.8 Å². The predicted octanol–water partition coefficient (Wildman–Crippen LogP) is 4.47. The van der Waals surface area contributed by atoms with Crippen molar-refractivity contribution in [3.63, 3.8) is 0 Å². The number of hydrogen-bond acceptors (Lipinski definition) is 4. The molecule has 0 heterocycles. The van der Waals surface area contributed by atoms with Gasteiger partial charge in [0.2, 0.25) is 5.91 Å². The minimum absolute atomic E-state index is 0.114. The molecule has 26 heavy (non-hydrogen) atoms. The Balaban J connectivity index is 1.82. The van der Waals surface area contributed by atoms with Gasteiger partial charge in [-0.25, -0.2) is 0 Å². The van der Waals surface area contributed by atoms with E-state index >= 15 is 0 Å². The number of carbonyl (C=O) groups excluding carboxylic acids is 1. The van der Waals surface area contributed by atoms with Crippen LogP contribution in [0.1, 0.15) is 18.4 Å². The fourth-order valence-corrected chi connectivity index (χ4v) is 2.56. The maximum absolute atomic E-state index is 12.2. The van der Waals surface area contributed by atoms with Gasteiger partial charge in [-0.1, -0.05) is 35.9 Å². The highest BCUT2D eigenvalue weighted by molar-refractivity contribution is 6.32. The standard InChI is InChI=1S/C20H24ClNO4/c1-15-7-3-4-10-18(15)25-12-6-11-19(23)22-17-9-5-8-16(21)20(17)26-14-13-24-2/h3-5,7-10H,6,11-14H2,1-2H3,(H,22,23). The van der Waals surface area contributed by atoms with E-state index in [4.69, 9.17) is 25.8 Å². The SMILES string of the molecule is COCCOc1c(Cl)cccc1NC(=O)CCCOc1ccccc1C. The van der Waals surface area contributed by atoms with Crippen LogP contribution >= 0.6 is 11.6 Å². The largest absolute Gasteiger partial charge is 0.493 e. The van der Waals surface area contributed by atoms with Crippen molar-refractivity contribution in [3.05, 3.63) is 53.1 Å². The number of methoxy groups -OCH3 is 1. The first-order valence-corrected chi connectivity index (χ1v) is 8.88. The highest BCUT2D eigenvalue weighted by Crippen LogP contribution is 2.33. The predicted molar refractivity (Wildman–Crippen MR) is 103 cm³/mol. The lowest BCUT2D eigenvalue weighted by Gasteiger charge is -2.14. The lowest BCUT2D eigenvalue weighted by Crippen LogP contribution is -2.14. The molecule has 0 aromatic heterocycles. The molecule has 6 heteroatoms. The molecule has 2 aromatic carbocycles. The van der Waals surface area contributed by atoms with Crippen LogP contribution in [-0.2, 0) is 9.53 Å². The van der Waals surface area contributed by atoms with Crippen molar-refractivity contribution in [2.24, 2.45) is 0 Å². The van der Waals surface area contributed by atoms with Crippen molar-refractivity contribution in [1.29, 1.82) is 0 Å². The first-order chi connectivity index (χ1) is 12.6. The Hall–Kier alpha value is -2.24. The minimum atomic E-state index is -0.114. The number of nitrogens with one attached hydrogen (secondary N) is 1. The number of amides is 1. The monoisotopic (exact) mass is 377 g/mol. The number of hydrogen-bond donors (Lipinski definition) is 1. The Labute approximate surface area is 159 Å². The van der Waals surface area contributed by atoms with Crippen LogP contribution in [0.25, 0.3) is 0 Å². The Morgan fingerprint density at radius 2 is 1.85 bits per heavy atom. The molecule has 0 fully saturated rings. The first kappa shape index (κ1) is 20.1. The van der Waals surface area contributed by atoms with Crippen molar-refractivity contribution in [1.82, 2.24) is 0 Å². The molecule has 0 aliphatic heterocycles. The molecule has 0 radical (unpaired) electrons. The van der Waals surface area contributed by atoms with Gasteiger partial charge in [-0.05, 0) is 37.1 Å². The number of para-hydroxylation sites is 2. The van der Waals surface area contributed by atoms with Gasteiger partial charge in [-0.3, -0.25) is 4.79 Å². The van der Waals surface area contributed by atoms with Gasteiger partial charge in [0, 0.05) is 13.5 Å². The summed E-state index contributed by atoms with van der Waals surface area (Å²) in [4.78, 5) is 12.2. The number of aryl methyl sites for hydroxylation is 1. The molecular formula is C20H24ClNO4. The summed E-state index contributed by atoms with van der Waals surface area (Å²) in [6.07, 6.45) is 0.955. The van der Waals surface area contributed by atoms with Crippen molar-refractivity contribution >= 4 is 23.2 Å². The number of rotatable bonds is 10. The number of anilines is 1. The van der Waals surface area contributed by atoms with Crippen LogP contribution in [0.3, 0.4) is 0 Å². The second-order valence-corrected chi connectivity index (χ2v) is 6.13. The van der Waals surface area contributed by atoms with Gasteiger partial charge in [-0.2, -0.15) is 0 Å². The maximum Gasteiger partial charge on any atom is 0.224 e. The lowest BCUT2D eigenvalue weighted by atomic mass is 10.2. The van der Waals surface area contributed by atoms with Crippen LogP contribution in [-0.4, -0.2) is 32.8 Å². The van der Waals surface area contributed by atoms with E-state index in [1.807, 2.05) is 31.2 Å². The average molecular weight is 378 g/mol. The molecule has 0 unspecified atom stereocenters. The van der Waals surface area contributed by atoms with Crippen molar-refractivity contribution in [2.45, 2.75) is 19.8 Å². The highest BCUT2D eigenvalue weighted by Gasteiger charge is 2.11. The molecule has 140 valence electrons. The van der Waals surface area contributed by atoms with E-state index in [1.54, 1.807) is 25.3 Å². The van der Waals surface area contributed by atoms with Crippen molar-refractivity contribution < 1.29 is 19.0 Å². The molecular weight excluding hydrogens is 354 g/mol. The third kappa shape index (κ3) is 6.24. The molecule has 5 nitrogen and oxygen atoms in total. The zero-order chi connectivity index (χ0) is 18.8. The van der Waals surface area contributed by atoms with Crippen LogP contribution in [0.2, 0.25) is 5.02 Å². The van der Waals surface area contributed by atoms with Gasteiger partial charge in [0.1, 0.15) is 12.4 Å². The van der Waals surface area contributed by atoms with Crippen molar-refractivity contribution in [2.75, 3.05) is 32.2 Å². The average Bonchev–Trinajstić information content (AvgIpc) is 2.62. The van der Waals surface area contributed by atoms with E-state index in [0.717, 1.165) is 11.3 Å². The van der Waals surface area contributed by atoms with E-state index in [9.17, 15) is 4.79 Å². The van der Waals surface area contributed by atoms with Gasteiger partial charge in [-0.15, -0.1) is 0 Å². The van der Waals surface area contributed by atoms with Crippen LogP contribution in [0.4, 0.5) is 5.69 Å². The molecule has 2 aromatic rings. The van der Waals surface area contributed by atoms with Gasteiger partial charge < -0.3 is 19.5 Å². The summed E-state index contributed by atoms with van der Waals surface area (Å²) in [6, 6.07) is 13.1. The summed E-state index contributed by atoms with van der Waals surface area (Å²) in [5.74, 6) is 1.18. The summed E-state index contributed by atoms with van der Waals surface area (Å²) in [7, 11) is 1.59. The van der Waals surface area contributed by atoms with E-state index in [0.29, 0.717) is 49.1 Å². The Bertz CT molecular complexity index is 721. The summed E-state index contributed by atoms with van der Waals surface area (Å²) in [6.45, 7) is 3.26. The summed E-state index contributed by atoms with van der Waals surface area (Å²) in [5.41, 5.74) is 1.63. The van der Waals surface area contributed by atoms with Crippen LogP contribution in [0.5, 0.6) is 11.5 Å². The Morgan fingerprint density at radius 1 is 1.04 bits per heavy atom. The van der Waals surface area contributed by atoms with Gasteiger partial charge >= 0.3 is 0 Å². The van der Waals surface area contributed by atoms with Crippen LogP contribution in [0, 0.1) is 6.92 Å². The molecule has 0 bridgehead atoms. The fourth-order valence-electron chi connectivity index (χ4n) is 2.33. The molecule has 2 rings (SSSR count). The molecule has 0 aliphatic rings. The molecule has 0 saturated heterocycles. The molecule has 0 atom stereocenters. The number of ether oxygens (including phenoxy) is 3. The van der Waals surface area contributed by atoms with Gasteiger partial charge in [0.05, 0.1) is 23.9 Å². The van der Waals surface area contributed by atoms with Gasteiger partial charge in [0.15, 0.2) is 5.75 Å². The molecule has 0 spiro atoms. The number of halogens is 1.